The van der Waals surface area contributed by atoms with E-state index in [1.807, 2.05) is 20.8 Å². The van der Waals surface area contributed by atoms with Crippen LogP contribution in [0.25, 0.3) is 0 Å². The Morgan fingerprint density at radius 2 is 2.10 bits per heavy atom. The molecular formula is C14H15N3O3. The minimum absolute atomic E-state index is 0.104. The molecule has 0 atom stereocenters. The van der Waals surface area contributed by atoms with E-state index in [0.29, 0.717) is 0 Å². The van der Waals surface area contributed by atoms with E-state index in [9.17, 15) is 14.9 Å². The van der Waals surface area contributed by atoms with Crippen molar-refractivity contribution in [2.24, 2.45) is 0 Å². The first-order valence-corrected chi connectivity index (χ1v) is 6.30. The van der Waals surface area contributed by atoms with E-state index in [1.165, 1.54) is 22.9 Å². The molecular weight excluding hydrogens is 258 g/mol. The van der Waals surface area contributed by atoms with E-state index in [0.717, 1.165) is 23.4 Å². The summed E-state index contributed by atoms with van der Waals surface area (Å²) in [6.45, 7) is 5.68. The van der Waals surface area contributed by atoms with Gasteiger partial charge in [0.05, 0.1) is 10.6 Å². The SMILES string of the molecule is CCc1c(C)nn(C(=O)c2cccc([N+](=O)[O-])c2)c1C. The quantitative estimate of drug-likeness (QED) is 0.636. The van der Waals surface area contributed by atoms with Gasteiger partial charge in [0.25, 0.3) is 11.6 Å². The number of carbonyl (C=O) groups is 1. The van der Waals surface area contributed by atoms with Crippen LogP contribution in [0.5, 0.6) is 0 Å². The molecule has 0 N–H and O–H groups in total. The van der Waals surface area contributed by atoms with E-state index in [-0.39, 0.29) is 17.2 Å². The zero-order valence-corrected chi connectivity index (χ0v) is 11.6. The number of rotatable bonds is 3. The molecule has 0 aliphatic rings. The first kappa shape index (κ1) is 13.9. The van der Waals surface area contributed by atoms with Crippen LogP contribution in [0.4, 0.5) is 5.69 Å². The summed E-state index contributed by atoms with van der Waals surface area (Å²) in [5.41, 5.74) is 2.77. The van der Waals surface area contributed by atoms with Crippen molar-refractivity contribution in [1.82, 2.24) is 9.78 Å². The minimum atomic E-state index is -0.518. The average Bonchev–Trinajstić information content (AvgIpc) is 2.72. The van der Waals surface area contributed by atoms with Crippen LogP contribution in [0.3, 0.4) is 0 Å². The van der Waals surface area contributed by atoms with Gasteiger partial charge in [-0.05, 0) is 31.9 Å². The summed E-state index contributed by atoms with van der Waals surface area (Å²) in [5.74, 6) is -0.353. The van der Waals surface area contributed by atoms with Crippen molar-refractivity contribution in [3.8, 4) is 0 Å². The number of non-ortho nitro benzene ring substituents is 1. The van der Waals surface area contributed by atoms with Crippen molar-refractivity contribution in [2.45, 2.75) is 27.2 Å². The van der Waals surface area contributed by atoms with E-state index >= 15 is 0 Å². The van der Waals surface area contributed by atoms with Gasteiger partial charge in [0.1, 0.15) is 0 Å². The Kier molecular flexibility index (Phi) is 3.65. The Labute approximate surface area is 116 Å². The first-order chi connectivity index (χ1) is 9.45. The molecule has 0 spiro atoms. The first-order valence-electron chi connectivity index (χ1n) is 6.30. The van der Waals surface area contributed by atoms with Crippen LogP contribution in [-0.4, -0.2) is 20.6 Å². The maximum absolute atomic E-state index is 12.4. The molecule has 0 aliphatic heterocycles. The lowest BCUT2D eigenvalue weighted by Gasteiger charge is -2.03. The van der Waals surface area contributed by atoms with Crippen LogP contribution in [0.1, 0.15) is 34.2 Å². The van der Waals surface area contributed by atoms with Crippen LogP contribution < -0.4 is 0 Å². The molecule has 1 aromatic heterocycles. The summed E-state index contributed by atoms with van der Waals surface area (Å²) in [4.78, 5) is 22.6. The Bertz CT molecular complexity index is 689. The van der Waals surface area contributed by atoms with Gasteiger partial charge >= 0.3 is 0 Å². The molecule has 2 aromatic rings. The third-order valence-electron chi connectivity index (χ3n) is 3.29. The smallest absolute Gasteiger partial charge is 0.267 e. The Morgan fingerprint density at radius 1 is 1.40 bits per heavy atom. The molecule has 1 aromatic carbocycles. The Morgan fingerprint density at radius 3 is 2.65 bits per heavy atom. The van der Waals surface area contributed by atoms with Gasteiger partial charge in [0, 0.05) is 23.4 Å². The number of carbonyl (C=O) groups excluding carboxylic acids is 1. The van der Waals surface area contributed by atoms with Crippen molar-refractivity contribution in [2.75, 3.05) is 0 Å². The highest BCUT2D eigenvalue weighted by Crippen LogP contribution is 2.18. The number of hydrogen-bond acceptors (Lipinski definition) is 4. The lowest BCUT2D eigenvalue weighted by atomic mass is 10.1. The standard InChI is InChI=1S/C14H15N3O3/c1-4-13-9(2)15-16(10(13)3)14(18)11-6-5-7-12(8-11)17(19)20/h5-8H,4H2,1-3H3. The van der Waals surface area contributed by atoms with Crippen LogP contribution in [0.2, 0.25) is 0 Å². The minimum Gasteiger partial charge on any atom is -0.267 e. The van der Waals surface area contributed by atoms with E-state index in [2.05, 4.69) is 5.10 Å². The van der Waals surface area contributed by atoms with Crippen molar-refractivity contribution < 1.29 is 9.72 Å². The number of hydrogen-bond donors (Lipinski definition) is 0. The second kappa shape index (κ2) is 5.24. The zero-order valence-electron chi connectivity index (χ0n) is 11.6. The summed E-state index contributed by atoms with van der Waals surface area (Å²) in [7, 11) is 0. The number of nitrogens with zero attached hydrogens (tertiary/aromatic N) is 3. The van der Waals surface area contributed by atoms with Gasteiger partial charge in [-0.3, -0.25) is 14.9 Å². The molecule has 0 aliphatic carbocycles. The van der Waals surface area contributed by atoms with Crippen molar-refractivity contribution in [1.29, 1.82) is 0 Å². The highest BCUT2D eigenvalue weighted by molar-refractivity contribution is 5.96. The van der Waals surface area contributed by atoms with Gasteiger partial charge in [-0.15, -0.1) is 0 Å². The molecule has 2 rings (SSSR count). The van der Waals surface area contributed by atoms with Gasteiger partial charge in [-0.25, -0.2) is 4.68 Å². The maximum atomic E-state index is 12.4. The largest absolute Gasteiger partial charge is 0.278 e. The topological polar surface area (TPSA) is 78.0 Å². The molecule has 0 bridgehead atoms. The van der Waals surface area contributed by atoms with E-state index in [1.54, 1.807) is 6.07 Å². The number of aromatic nitrogens is 2. The molecule has 0 saturated carbocycles. The summed E-state index contributed by atoms with van der Waals surface area (Å²) >= 11 is 0. The number of nitro groups is 1. The van der Waals surface area contributed by atoms with Crippen LogP contribution in [-0.2, 0) is 6.42 Å². The normalized spacial score (nSPS) is 10.6. The predicted molar refractivity (Wildman–Crippen MR) is 73.9 cm³/mol. The number of aryl methyl sites for hydroxylation is 1. The average molecular weight is 273 g/mol. The molecule has 104 valence electrons. The highest BCUT2D eigenvalue weighted by atomic mass is 16.6. The molecule has 0 fully saturated rings. The predicted octanol–water partition coefficient (Wildman–Crippen LogP) is 2.66. The second-order valence-corrected chi connectivity index (χ2v) is 4.53. The van der Waals surface area contributed by atoms with Crippen LogP contribution in [0, 0.1) is 24.0 Å². The Hall–Kier alpha value is -2.50. The number of benzene rings is 1. The van der Waals surface area contributed by atoms with Crippen LogP contribution >= 0.6 is 0 Å². The lowest BCUT2D eigenvalue weighted by molar-refractivity contribution is -0.384. The highest BCUT2D eigenvalue weighted by Gasteiger charge is 2.18. The molecule has 1 heterocycles. The van der Waals surface area contributed by atoms with Crippen molar-refractivity contribution in [3.05, 3.63) is 56.9 Å². The summed E-state index contributed by atoms with van der Waals surface area (Å²) < 4.78 is 1.31. The monoisotopic (exact) mass is 273 g/mol. The molecule has 6 nitrogen and oxygen atoms in total. The molecule has 0 saturated heterocycles. The van der Waals surface area contributed by atoms with Gasteiger partial charge in [-0.2, -0.15) is 5.10 Å². The van der Waals surface area contributed by atoms with Crippen molar-refractivity contribution >= 4 is 11.6 Å². The fraction of sp³-hybridized carbons (Fsp3) is 0.286. The molecule has 0 radical (unpaired) electrons. The molecule has 0 unspecified atom stereocenters. The molecule has 20 heavy (non-hydrogen) atoms. The van der Waals surface area contributed by atoms with Gasteiger partial charge in [0.15, 0.2) is 0 Å². The maximum Gasteiger partial charge on any atom is 0.278 e. The molecule has 0 amide bonds. The van der Waals surface area contributed by atoms with Crippen molar-refractivity contribution in [3.63, 3.8) is 0 Å². The van der Waals surface area contributed by atoms with Gasteiger partial charge in [-0.1, -0.05) is 13.0 Å². The number of nitro benzene ring substituents is 1. The summed E-state index contributed by atoms with van der Waals surface area (Å²) in [5, 5.41) is 15.0. The van der Waals surface area contributed by atoms with E-state index in [4.69, 9.17) is 0 Å². The van der Waals surface area contributed by atoms with Gasteiger partial charge in [0.2, 0.25) is 0 Å². The van der Waals surface area contributed by atoms with E-state index < -0.39 is 4.92 Å². The Balaban J connectivity index is 2.46. The van der Waals surface area contributed by atoms with Gasteiger partial charge < -0.3 is 0 Å². The third-order valence-corrected chi connectivity index (χ3v) is 3.29. The lowest BCUT2D eigenvalue weighted by Crippen LogP contribution is -2.15. The zero-order chi connectivity index (χ0) is 14.9. The van der Waals surface area contributed by atoms with Crippen LogP contribution in [0.15, 0.2) is 24.3 Å². The fourth-order valence-electron chi connectivity index (χ4n) is 2.26. The second-order valence-electron chi connectivity index (χ2n) is 4.53. The summed E-state index contributed by atoms with van der Waals surface area (Å²) in [6, 6.07) is 5.68. The fourth-order valence-corrected chi connectivity index (χ4v) is 2.26. The third kappa shape index (κ3) is 2.32. The molecule has 6 heteroatoms. The summed E-state index contributed by atoms with van der Waals surface area (Å²) in [6.07, 6.45) is 0.792.